The fourth-order valence-corrected chi connectivity index (χ4v) is 2.64. The van der Waals surface area contributed by atoms with Crippen LogP contribution >= 0.6 is 0 Å². The molecule has 1 atom stereocenters. The van der Waals surface area contributed by atoms with Crippen LogP contribution in [0.3, 0.4) is 0 Å². The molecule has 0 saturated carbocycles. The highest BCUT2D eigenvalue weighted by Gasteiger charge is 2.17. The number of rotatable bonds is 6. The minimum atomic E-state index is 0.833. The van der Waals surface area contributed by atoms with Gasteiger partial charge in [-0.15, -0.1) is 0 Å². The van der Waals surface area contributed by atoms with Gasteiger partial charge in [0.2, 0.25) is 0 Å². The van der Waals surface area contributed by atoms with Gasteiger partial charge < -0.3 is 9.73 Å². The van der Waals surface area contributed by atoms with Crippen molar-refractivity contribution in [2.45, 2.75) is 46.2 Å². The van der Waals surface area contributed by atoms with Crippen LogP contribution in [0.5, 0.6) is 0 Å². The van der Waals surface area contributed by atoms with Crippen LogP contribution in [0.25, 0.3) is 0 Å². The first-order valence-corrected chi connectivity index (χ1v) is 7.28. The molecule has 1 saturated heterocycles. The smallest absolute Gasteiger partial charge is 0.118 e. The quantitative estimate of drug-likeness (QED) is 0.787. The minimum Gasteiger partial charge on any atom is -0.463 e. The molecule has 1 aromatic heterocycles. The molecule has 1 N–H and O–H groups in total. The lowest BCUT2D eigenvalue weighted by molar-refractivity contribution is 0.164. The average molecular weight is 250 g/mol. The molecule has 0 bridgehead atoms. The van der Waals surface area contributed by atoms with E-state index in [-0.39, 0.29) is 0 Å². The molecule has 1 unspecified atom stereocenters. The summed E-state index contributed by atoms with van der Waals surface area (Å²) in [6.45, 7) is 9.83. The van der Waals surface area contributed by atoms with E-state index in [1.165, 1.54) is 32.4 Å². The summed E-state index contributed by atoms with van der Waals surface area (Å²) in [7, 11) is 0. The third-order valence-corrected chi connectivity index (χ3v) is 3.56. The van der Waals surface area contributed by atoms with Gasteiger partial charge in [-0.1, -0.05) is 13.8 Å². The number of hydrogen-bond acceptors (Lipinski definition) is 3. The molecule has 0 spiro atoms. The number of nitrogens with one attached hydrogen (secondary N) is 1. The van der Waals surface area contributed by atoms with Gasteiger partial charge in [-0.3, -0.25) is 4.90 Å². The van der Waals surface area contributed by atoms with Crippen LogP contribution in [0.15, 0.2) is 16.5 Å². The Morgan fingerprint density at radius 3 is 3.00 bits per heavy atom. The summed E-state index contributed by atoms with van der Waals surface area (Å²) in [6.07, 6.45) is 3.87. The van der Waals surface area contributed by atoms with Gasteiger partial charge in [0.1, 0.15) is 11.5 Å². The van der Waals surface area contributed by atoms with Crippen molar-refractivity contribution in [2.75, 3.05) is 19.6 Å². The molecular formula is C15H26N2O. The third-order valence-electron chi connectivity index (χ3n) is 3.56. The fraction of sp³-hybridized carbons (Fsp3) is 0.733. The molecule has 18 heavy (non-hydrogen) atoms. The van der Waals surface area contributed by atoms with E-state index in [1.807, 2.05) is 0 Å². The van der Waals surface area contributed by atoms with E-state index in [0.29, 0.717) is 0 Å². The standard InChI is InChI=1S/C15H26N2O/c1-3-8-16-10-14-6-7-15(18-14)12-17-9-4-5-13(2)11-17/h6-7,13,16H,3-5,8-12H2,1-2H3. The second-order valence-electron chi connectivity index (χ2n) is 5.53. The topological polar surface area (TPSA) is 28.4 Å². The highest BCUT2D eigenvalue weighted by Crippen LogP contribution is 2.18. The molecule has 0 aromatic carbocycles. The lowest BCUT2D eigenvalue weighted by Gasteiger charge is -2.29. The Morgan fingerprint density at radius 2 is 2.22 bits per heavy atom. The van der Waals surface area contributed by atoms with E-state index in [4.69, 9.17) is 4.42 Å². The Bertz CT molecular complexity index is 348. The SMILES string of the molecule is CCCNCc1ccc(CN2CCCC(C)C2)o1. The fourth-order valence-electron chi connectivity index (χ4n) is 2.64. The van der Waals surface area contributed by atoms with Gasteiger partial charge in [0, 0.05) is 6.54 Å². The predicted octanol–water partition coefficient (Wildman–Crippen LogP) is 3.01. The Hall–Kier alpha value is -0.800. The van der Waals surface area contributed by atoms with E-state index in [2.05, 4.69) is 36.2 Å². The maximum Gasteiger partial charge on any atom is 0.118 e. The van der Waals surface area contributed by atoms with Gasteiger partial charge in [-0.2, -0.15) is 0 Å². The molecule has 0 amide bonds. The Balaban J connectivity index is 1.78. The zero-order valence-electron chi connectivity index (χ0n) is 11.7. The maximum absolute atomic E-state index is 5.86. The van der Waals surface area contributed by atoms with Gasteiger partial charge in [0.25, 0.3) is 0 Å². The molecular weight excluding hydrogens is 224 g/mol. The second kappa shape index (κ2) is 6.95. The number of furan rings is 1. The van der Waals surface area contributed by atoms with Crippen molar-refractivity contribution in [3.63, 3.8) is 0 Å². The highest BCUT2D eigenvalue weighted by molar-refractivity contribution is 5.07. The summed E-state index contributed by atoms with van der Waals surface area (Å²) in [6, 6.07) is 4.23. The van der Waals surface area contributed by atoms with Crippen molar-refractivity contribution in [1.29, 1.82) is 0 Å². The van der Waals surface area contributed by atoms with E-state index in [0.717, 1.165) is 37.1 Å². The van der Waals surface area contributed by atoms with E-state index >= 15 is 0 Å². The summed E-state index contributed by atoms with van der Waals surface area (Å²) >= 11 is 0. The number of hydrogen-bond donors (Lipinski definition) is 1. The largest absolute Gasteiger partial charge is 0.463 e. The molecule has 0 aliphatic carbocycles. The van der Waals surface area contributed by atoms with Crippen molar-refractivity contribution in [3.05, 3.63) is 23.7 Å². The number of piperidine rings is 1. The monoisotopic (exact) mass is 250 g/mol. The van der Waals surface area contributed by atoms with Crippen molar-refractivity contribution < 1.29 is 4.42 Å². The lowest BCUT2D eigenvalue weighted by Crippen LogP contribution is -2.33. The van der Waals surface area contributed by atoms with Crippen LogP contribution < -0.4 is 5.32 Å². The Labute approximate surface area is 111 Å². The van der Waals surface area contributed by atoms with Gasteiger partial charge in [-0.05, 0) is 50.4 Å². The minimum absolute atomic E-state index is 0.833. The first kappa shape index (κ1) is 13.6. The molecule has 3 nitrogen and oxygen atoms in total. The summed E-state index contributed by atoms with van der Waals surface area (Å²) in [5, 5.41) is 3.37. The predicted molar refractivity (Wildman–Crippen MR) is 74.4 cm³/mol. The van der Waals surface area contributed by atoms with Gasteiger partial charge in [-0.25, -0.2) is 0 Å². The van der Waals surface area contributed by atoms with Crippen molar-refractivity contribution in [3.8, 4) is 0 Å². The first-order chi connectivity index (χ1) is 8.78. The zero-order chi connectivity index (χ0) is 12.8. The van der Waals surface area contributed by atoms with Crippen LogP contribution in [0.1, 0.15) is 44.6 Å². The van der Waals surface area contributed by atoms with Crippen LogP contribution in [0, 0.1) is 5.92 Å². The molecule has 0 radical (unpaired) electrons. The molecule has 2 heterocycles. The molecule has 3 heteroatoms. The second-order valence-corrected chi connectivity index (χ2v) is 5.53. The van der Waals surface area contributed by atoms with Gasteiger partial charge in [0.05, 0.1) is 13.1 Å². The van der Waals surface area contributed by atoms with Crippen molar-refractivity contribution in [1.82, 2.24) is 10.2 Å². The molecule has 1 aliphatic rings. The highest BCUT2D eigenvalue weighted by atomic mass is 16.3. The normalized spacial score (nSPS) is 21.3. The van der Waals surface area contributed by atoms with E-state index in [1.54, 1.807) is 0 Å². The molecule has 1 fully saturated rings. The zero-order valence-corrected chi connectivity index (χ0v) is 11.7. The molecule has 1 aromatic rings. The Morgan fingerprint density at radius 1 is 1.39 bits per heavy atom. The van der Waals surface area contributed by atoms with Gasteiger partial charge >= 0.3 is 0 Å². The van der Waals surface area contributed by atoms with Crippen molar-refractivity contribution >= 4 is 0 Å². The Kier molecular flexibility index (Phi) is 5.26. The molecule has 102 valence electrons. The van der Waals surface area contributed by atoms with Crippen LogP contribution in [0.2, 0.25) is 0 Å². The summed E-state index contributed by atoms with van der Waals surface area (Å²) < 4.78 is 5.86. The van der Waals surface area contributed by atoms with Crippen LogP contribution in [-0.2, 0) is 13.1 Å². The average Bonchev–Trinajstić information content (AvgIpc) is 2.77. The van der Waals surface area contributed by atoms with E-state index in [9.17, 15) is 0 Å². The van der Waals surface area contributed by atoms with Gasteiger partial charge in [0.15, 0.2) is 0 Å². The summed E-state index contributed by atoms with van der Waals surface area (Å²) in [5.41, 5.74) is 0. The molecule has 2 rings (SSSR count). The maximum atomic E-state index is 5.86. The summed E-state index contributed by atoms with van der Waals surface area (Å²) in [5.74, 6) is 3.00. The van der Waals surface area contributed by atoms with Crippen molar-refractivity contribution in [2.24, 2.45) is 5.92 Å². The first-order valence-electron chi connectivity index (χ1n) is 7.28. The summed E-state index contributed by atoms with van der Waals surface area (Å²) in [4.78, 5) is 2.51. The van der Waals surface area contributed by atoms with Crippen LogP contribution in [0.4, 0.5) is 0 Å². The number of likely N-dealkylation sites (tertiary alicyclic amines) is 1. The lowest BCUT2D eigenvalue weighted by atomic mass is 10.0. The number of nitrogens with zero attached hydrogens (tertiary/aromatic N) is 1. The van der Waals surface area contributed by atoms with E-state index < -0.39 is 0 Å². The van der Waals surface area contributed by atoms with Crippen LogP contribution in [-0.4, -0.2) is 24.5 Å². The third kappa shape index (κ3) is 4.14. The molecule has 1 aliphatic heterocycles.